The first-order valence-corrected chi connectivity index (χ1v) is 7.72. The standard InChI is InChI=1S/C15H28N2/c1-15(11-16,13-8-9-13)17-10-4-6-12-5-2-3-7-14(12)17/h12-14H,2-11,16H2,1H3. The van der Waals surface area contributed by atoms with Crippen LogP contribution >= 0.6 is 0 Å². The van der Waals surface area contributed by atoms with Crippen LogP contribution in [-0.4, -0.2) is 29.6 Å². The van der Waals surface area contributed by atoms with Gasteiger partial charge >= 0.3 is 0 Å². The van der Waals surface area contributed by atoms with E-state index in [4.69, 9.17) is 5.73 Å². The smallest absolute Gasteiger partial charge is 0.0334 e. The molecule has 0 aromatic rings. The van der Waals surface area contributed by atoms with Crippen LogP contribution in [0.3, 0.4) is 0 Å². The maximum absolute atomic E-state index is 6.16. The van der Waals surface area contributed by atoms with Gasteiger partial charge in [0.05, 0.1) is 0 Å². The molecule has 1 heterocycles. The Kier molecular flexibility index (Phi) is 3.20. The molecule has 1 aliphatic heterocycles. The third kappa shape index (κ3) is 2.04. The number of likely N-dealkylation sites (tertiary alicyclic amines) is 1. The minimum Gasteiger partial charge on any atom is -0.329 e. The van der Waals surface area contributed by atoms with Gasteiger partial charge in [-0.3, -0.25) is 4.90 Å². The lowest BCUT2D eigenvalue weighted by atomic mass is 9.75. The maximum Gasteiger partial charge on any atom is 0.0334 e. The van der Waals surface area contributed by atoms with Crippen molar-refractivity contribution in [2.24, 2.45) is 17.6 Å². The topological polar surface area (TPSA) is 29.3 Å². The largest absolute Gasteiger partial charge is 0.329 e. The highest BCUT2D eigenvalue weighted by Crippen LogP contribution is 2.47. The summed E-state index contributed by atoms with van der Waals surface area (Å²) in [6.45, 7) is 4.62. The Morgan fingerprint density at radius 1 is 1.06 bits per heavy atom. The molecule has 2 saturated carbocycles. The van der Waals surface area contributed by atoms with Gasteiger partial charge in [-0.2, -0.15) is 0 Å². The van der Waals surface area contributed by atoms with Crippen LogP contribution in [0.15, 0.2) is 0 Å². The molecule has 98 valence electrons. The minimum absolute atomic E-state index is 0.320. The van der Waals surface area contributed by atoms with Gasteiger partial charge in [-0.15, -0.1) is 0 Å². The van der Waals surface area contributed by atoms with Gasteiger partial charge in [0.1, 0.15) is 0 Å². The van der Waals surface area contributed by atoms with E-state index in [0.717, 1.165) is 24.4 Å². The van der Waals surface area contributed by atoms with Crippen molar-refractivity contribution in [2.75, 3.05) is 13.1 Å². The van der Waals surface area contributed by atoms with Crippen LogP contribution in [-0.2, 0) is 0 Å². The normalized spacial score (nSPS) is 38.5. The van der Waals surface area contributed by atoms with E-state index in [1.165, 1.54) is 57.9 Å². The van der Waals surface area contributed by atoms with E-state index >= 15 is 0 Å². The molecule has 17 heavy (non-hydrogen) atoms. The summed E-state index contributed by atoms with van der Waals surface area (Å²) in [7, 11) is 0. The summed E-state index contributed by atoms with van der Waals surface area (Å²) in [5.74, 6) is 1.88. The second-order valence-electron chi connectivity index (χ2n) is 6.78. The first-order valence-electron chi connectivity index (χ1n) is 7.72. The van der Waals surface area contributed by atoms with E-state index in [2.05, 4.69) is 11.8 Å². The maximum atomic E-state index is 6.16. The fourth-order valence-electron chi connectivity index (χ4n) is 4.48. The van der Waals surface area contributed by atoms with Crippen LogP contribution < -0.4 is 5.73 Å². The molecule has 2 heteroatoms. The molecular weight excluding hydrogens is 208 g/mol. The van der Waals surface area contributed by atoms with Gasteiger partial charge < -0.3 is 5.73 Å². The summed E-state index contributed by atoms with van der Waals surface area (Å²) in [5, 5.41) is 0. The molecule has 2 nitrogen and oxygen atoms in total. The van der Waals surface area contributed by atoms with Crippen LogP contribution in [0.5, 0.6) is 0 Å². The molecule has 3 aliphatic rings. The summed E-state index contributed by atoms with van der Waals surface area (Å²) in [4.78, 5) is 2.85. The van der Waals surface area contributed by atoms with Crippen molar-refractivity contribution in [3.8, 4) is 0 Å². The third-order valence-electron chi connectivity index (χ3n) is 5.77. The van der Waals surface area contributed by atoms with Crippen LogP contribution in [0, 0.1) is 11.8 Å². The lowest BCUT2D eigenvalue weighted by molar-refractivity contribution is -0.0277. The molecule has 0 spiro atoms. The first kappa shape index (κ1) is 12.0. The van der Waals surface area contributed by atoms with E-state index in [-0.39, 0.29) is 0 Å². The lowest BCUT2D eigenvalue weighted by Crippen LogP contribution is -2.61. The van der Waals surface area contributed by atoms with Crippen LogP contribution in [0.4, 0.5) is 0 Å². The Bertz CT molecular complexity index is 272. The van der Waals surface area contributed by atoms with Gasteiger partial charge in [0, 0.05) is 18.1 Å². The van der Waals surface area contributed by atoms with Gasteiger partial charge in [-0.1, -0.05) is 12.8 Å². The zero-order chi connectivity index (χ0) is 11.9. The number of nitrogens with two attached hydrogens (primary N) is 1. The summed E-state index contributed by atoms with van der Waals surface area (Å²) in [5.41, 5.74) is 6.48. The number of nitrogens with zero attached hydrogens (tertiary/aromatic N) is 1. The molecule has 1 saturated heterocycles. The third-order valence-corrected chi connectivity index (χ3v) is 5.77. The van der Waals surface area contributed by atoms with Gasteiger partial charge in [-0.05, 0) is 63.8 Å². The minimum atomic E-state index is 0.320. The van der Waals surface area contributed by atoms with E-state index < -0.39 is 0 Å². The Morgan fingerprint density at radius 3 is 2.47 bits per heavy atom. The summed E-state index contributed by atoms with van der Waals surface area (Å²) in [6, 6.07) is 0.867. The highest BCUT2D eigenvalue weighted by molar-refractivity contribution is 5.04. The fraction of sp³-hybridized carbons (Fsp3) is 1.00. The molecule has 0 radical (unpaired) electrons. The average Bonchev–Trinajstić information content (AvgIpc) is 3.22. The Hall–Kier alpha value is -0.0800. The quantitative estimate of drug-likeness (QED) is 0.816. The van der Waals surface area contributed by atoms with Gasteiger partial charge in [0.2, 0.25) is 0 Å². The second-order valence-corrected chi connectivity index (χ2v) is 6.78. The molecule has 2 aliphatic carbocycles. The van der Waals surface area contributed by atoms with E-state index in [9.17, 15) is 0 Å². The molecular formula is C15H28N2. The second kappa shape index (κ2) is 4.55. The van der Waals surface area contributed by atoms with Crippen molar-refractivity contribution >= 4 is 0 Å². The van der Waals surface area contributed by atoms with Gasteiger partial charge in [-0.25, -0.2) is 0 Å². The fourth-order valence-corrected chi connectivity index (χ4v) is 4.48. The molecule has 3 rings (SSSR count). The molecule has 3 fully saturated rings. The molecule has 0 amide bonds. The van der Waals surface area contributed by atoms with Crippen molar-refractivity contribution in [2.45, 2.75) is 69.9 Å². The number of hydrogen-bond donors (Lipinski definition) is 1. The molecule has 3 unspecified atom stereocenters. The Labute approximate surface area is 106 Å². The Morgan fingerprint density at radius 2 is 1.76 bits per heavy atom. The summed E-state index contributed by atoms with van der Waals surface area (Å²) in [6.07, 6.45) is 11.6. The van der Waals surface area contributed by atoms with Crippen molar-refractivity contribution < 1.29 is 0 Å². The number of fused-ring (bicyclic) bond motifs is 1. The zero-order valence-corrected chi connectivity index (χ0v) is 11.3. The van der Waals surface area contributed by atoms with E-state index in [1.54, 1.807) is 0 Å². The molecule has 2 N–H and O–H groups in total. The van der Waals surface area contributed by atoms with E-state index in [0.29, 0.717) is 5.54 Å². The van der Waals surface area contributed by atoms with Crippen molar-refractivity contribution in [3.63, 3.8) is 0 Å². The highest BCUT2D eigenvalue weighted by Gasteiger charge is 2.49. The highest BCUT2D eigenvalue weighted by atomic mass is 15.3. The monoisotopic (exact) mass is 236 g/mol. The number of hydrogen-bond acceptors (Lipinski definition) is 2. The first-order chi connectivity index (χ1) is 8.25. The van der Waals surface area contributed by atoms with Crippen molar-refractivity contribution in [3.05, 3.63) is 0 Å². The SMILES string of the molecule is CC(CN)(C1CC1)N1CCCC2CCCCC21. The van der Waals surface area contributed by atoms with Gasteiger partial charge in [0.25, 0.3) is 0 Å². The lowest BCUT2D eigenvalue weighted by Gasteiger charge is -2.53. The van der Waals surface area contributed by atoms with Crippen molar-refractivity contribution in [1.29, 1.82) is 0 Å². The number of piperidine rings is 1. The predicted octanol–water partition coefficient (Wildman–Crippen LogP) is 2.77. The van der Waals surface area contributed by atoms with Crippen molar-refractivity contribution in [1.82, 2.24) is 4.90 Å². The van der Waals surface area contributed by atoms with Crippen LogP contribution in [0.25, 0.3) is 0 Å². The number of rotatable bonds is 3. The Balaban J connectivity index is 1.79. The zero-order valence-electron chi connectivity index (χ0n) is 11.3. The summed E-state index contributed by atoms with van der Waals surface area (Å²) >= 11 is 0. The molecule has 0 aromatic carbocycles. The van der Waals surface area contributed by atoms with Crippen LogP contribution in [0.1, 0.15) is 58.3 Å². The summed E-state index contributed by atoms with van der Waals surface area (Å²) < 4.78 is 0. The van der Waals surface area contributed by atoms with Gasteiger partial charge in [0.15, 0.2) is 0 Å². The molecule has 3 atom stereocenters. The van der Waals surface area contributed by atoms with Crippen LogP contribution in [0.2, 0.25) is 0 Å². The van der Waals surface area contributed by atoms with E-state index in [1.807, 2.05) is 0 Å². The predicted molar refractivity (Wildman–Crippen MR) is 71.9 cm³/mol. The molecule has 0 bridgehead atoms. The molecule has 0 aromatic heterocycles. The average molecular weight is 236 g/mol.